The third-order valence-corrected chi connectivity index (χ3v) is 2.89. The number of carbonyl (C=O) groups excluding carboxylic acids is 1. The fourth-order valence-electron chi connectivity index (χ4n) is 0.997. The standard InChI is InChI=1S/C9H18N2O5S/c1-6(4-17(3)16)11-8(14)10-5-9(2,15)7(12)13/h6,15H,4-5H2,1-3H3,(H,12,13)(H2,10,11,14). The van der Waals surface area contributed by atoms with Gasteiger partial charge in [-0.1, -0.05) is 0 Å². The molecule has 17 heavy (non-hydrogen) atoms. The molecule has 0 rings (SSSR count). The molecule has 2 amide bonds. The Kier molecular flexibility index (Phi) is 6.11. The Hall–Kier alpha value is -1.15. The number of nitrogens with one attached hydrogen (secondary N) is 2. The van der Waals surface area contributed by atoms with Crippen LogP contribution >= 0.6 is 0 Å². The lowest BCUT2D eigenvalue weighted by atomic mass is 10.1. The molecule has 0 aliphatic heterocycles. The molecule has 0 aromatic carbocycles. The monoisotopic (exact) mass is 266 g/mol. The fourth-order valence-corrected chi connectivity index (χ4v) is 1.78. The summed E-state index contributed by atoms with van der Waals surface area (Å²) in [7, 11) is -1.03. The molecule has 0 bridgehead atoms. The predicted octanol–water partition coefficient (Wildman–Crippen LogP) is -1.11. The van der Waals surface area contributed by atoms with E-state index < -0.39 is 34.9 Å². The van der Waals surface area contributed by atoms with Crippen molar-refractivity contribution in [2.45, 2.75) is 25.5 Å². The highest BCUT2D eigenvalue weighted by Crippen LogP contribution is 2.00. The fraction of sp³-hybridized carbons (Fsp3) is 0.778. The van der Waals surface area contributed by atoms with Gasteiger partial charge in [0.25, 0.3) is 0 Å². The lowest BCUT2D eigenvalue weighted by molar-refractivity contribution is -0.155. The number of rotatable bonds is 6. The molecular weight excluding hydrogens is 248 g/mol. The second-order valence-corrected chi connectivity index (χ2v) is 5.53. The van der Waals surface area contributed by atoms with Gasteiger partial charge in [0.2, 0.25) is 0 Å². The molecule has 0 fully saturated rings. The molecule has 100 valence electrons. The van der Waals surface area contributed by atoms with Crippen LogP contribution < -0.4 is 10.6 Å². The number of hydrogen-bond acceptors (Lipinski definition) is 4. The van der Waals surface area contributed by atoms with Gasteiger partial charge < -0.3 is 20.8 Å². The third-order valence-electron chi connectivity index (χ3n) is 1.92. The van der Waals surface area contributed by atoms with Crippen molar-refractivity contribution in [1.29, 1.82) is 0 Å². The van der Waals surface area contributed by atoms with Crippen LogP contribution in [-0.2, 0) is 15.6 Å². The van der Waals surface area contributed by atoms with Gasteiger partial charge in [-0.25, -0.2) is 9.59 Å². The number of amides is 2. The highest BCUT2D eigenvalue weighted by molar-refractivity contribution is 7.84. The van der Waals surface area contributed by atoms with Gasteiger partial charge in [-0.15, -0.1) is 0 Å². The minimum Gasteiger partial charge on any atom is -0.479 e. The zero-order valence-corrected chi connectivity index (χ0v) is 10.8. The molecule has 0 heterocycles. The zero-order valence-electron chi connectivity index (χ0n) is 10.0. The second kappa shape index (κ2) is 6.55. The van der Waals surface area contributed by atoms with E-state index in [0.717, 1.165) is 6.92 Å². The summed E-state index contributed by atoms with van der Waals surface area (Å²) in [6.45, 7) is 2.35. The average molecular weight is 266 g/mol. The molecule has 0 radical (unpaired) electrons. The molecular formula is C9H18N2O5S. The highest BCUT2D eigenvalue weighted by atomic mass is 32.2. The molecule has 3 unspecified atom stereocenters. The van der Waals surface area contributed by atoms with Crippen LogP contribution in [0.25, 0.3) is 0 Å². The maximum absolute atomic E-state index is 11.3. The van der Waals surface area contributed by atoms with Crippen molar-refractivity contribution < 1.29 is 24.0 Å². The van der Waals surface area contributed by atoms with Gasteiger partial charge in [0.15, 0.2) is 5.60 Å². The minimum atomic E-state index is -2.01. The summed E-state index contributed by atoms with van der Waals surface area (Å²) < 4.78 is 10.9. The Morgan fingerprint density at radius 2 is 2.00 bits per heavy atom. The Labute approximate surface area is 102 Å². The van der Waals surface area contributed by atoms with Crippen LogP contribution in [0.4, 0.5) is 4.79 Å². The Balaban J connectivity index is 4.04. The van der Waals surface area contributed by atoms with Crippen LogP contribution in [-0.4, -0.2) is 56.6 Å². The SMILES string of the molecule is CC(CS(C)=O)NC(=O)NCC(C)(O)C(=O)O. The first-order valence-corrected chi connectivity index (χ1v) is 6.68. The lowest BCUT2D eigenvalue weighted by Gasteiger charge is -2.19. The number of carboxylic acids is 1. The van der Waals surface area contributed by atoms with Crippen molar-refractivity contribution in [1.82, 2.24) is 10.6 Å². The largest absolute Gasteiger partial charge is 0.479 e. The molecule has 0 aromatic rings. The van der Waals surface area contributed by atoms with Crippen molar-refractivity contribution in [3.05, 3.63) is 0 Å². The normalized spacial score (nSPS) is 17.6. The van der Waals surface area contributed by atoms with Gasteiger partial charge in [-0.3, -0.25) is 4.21 Å². The van der Waals surface area contributed by atoms with E-state index in [2.05, 4.69) is 10.6 Å². The molecule has 0 spiro atoms. The third kappa shape index (κ3) is 6.90. The summed E-state index contributed by atoms with van der Waals surface area (Å²) in [6.07, 6.45) is 1.52. The van der Waals surface area contributed by atoms with Gasteiger partial charge in [0.1, 0.15) is 0 Å². The van der Waals surface area contributed by atoms with Crippen molar-refractivity contribution in [3.8, 4) is 0 Å². The van der Waals surface area contributed by atoms with E-state index in [1.54, 1.807) is 6.92 Å². The number of hydrogen-bond donors (Lipinski definition) is 4. The van der Waals surface area contributed by atoms with Crippen LogP contribution in [0.5, 0.6) is 0 Å². The van der Waals surface area contributed by atoms with Crippen molar-refractivity contribution in [2.24, 2.45) is 0 Å². The van der Waals surface area contributed by atoms with Crippen LogP contribution in [0, 0.1) is 0 Å². The highest BCUT2D eigenvalue weighted by Gasteiger charge is 2.30. The predicted molar refractivity (Wildman–Crippen MR) is 63.2 cm³/mol. The maximum Gasteiger partial charge on any atom is 0.337 e. The van der Waals surface area contributed by atoms with Crippen molar-refractivity contribution in [2.75, 3.05) is 18.6 Å². The first-order chi connectivity index (χ1) is 7.65. The van der Waals surface area contributed by atoms with Crippen LogP contribution in [0.2, 0.25) is 0 Å². The molecule has 3 atom stereocenters. The lowest BCUT2D eigenvalue weighted by Crippen LogP contribution is -2.51. The van der Waals surface area contributed by atoms with E-state index in [9.17, 15) is 18.9 Å². The number of aliphatic hydroxyl groups is 1. The first-order valence-electron chi connectivity index (χ1n) is 4.95. The zero-order chi connectivity index (χ0) is 13.6. The number of aliphatic carboxylic acids is 1. The molecule has 0 saturated heterocycles. The van der Waals surface area contributed by atoms with Crippen LogP contribution in [0.1, 0.15) is 13.8 Å². The van der Waals surface area contributed by atoms with E-state index in [0.29, 0.717) is 5.75 Å². The van der Waals surface area contributed by atoms with Gasteiger partial charge in [-0.05, 0) is 13.8 Å². The summed E-state index contributed by atoms with van der Waals surface area (Å²) in [5, 5.41) is 22.6. The van der Waals surface area contributed by atoms with Gasteiger partial charge >= 0.3 is 12.0 Å². The second-order valence-electron chi connectivity index (χ2n) is 4.05. The molecule has 0 saturated carbocycles. The van der Waals surface area contributed by atoms with Gasteiger partial charge in [-0.2, -0.15) is 0 Å². The van der Waals surface area contributed by atoms with Crippen molar-refractivity contribution >= 4 is 22.8 Å². The summed E-state index contributed by atoms with van der Waals surface area (Å²) in [5.74, 6) is -1.11. The quantitative estimate of drug-likeness (QED) is 0.486. The Morgan fingerprint density at radius 3 is 2.41 bits per heavy atom. The van der Waals surface area contributed by atoms with Gasteiger partial charge in [0, 0.05) is 28.9 Å². The Morgan fingerprint density at radius 1 is 1.47 bits per heavy atom. The molecule has 4 N–H and O–H groups in total. The van der Waals surface area contributed by atoms with E-state index in [1.807, 2.05) is 0 Å². The first kappa shape index (κ1) is 15.9. The molecule has 7 nitrogen and oxygen atoms in total. The van der Waals surface area contributed by atoms with E-state index in [4.69, 9.17) is 5.11 Å². The molecule has 0 aliphatic rings. The van der Waals surface area contributed by atoms with E-state index in [1.165, 1.54) is 6.26 Å². The average Bonchev–Trinajstić information content (AvgIpc) is 2.13. The number of urea groups is 1. The van der Waals surface area contributed by atoms with Crippen LogP contribution in [0.3, 0.4) is 0 Å². The topological polar surface area (TPSA) is 116 Å². The summed E-state index contributed by atoms with van der Waals surface area (Å²) in [4.78, 5) is 21.8. The minimum absolute atomic E-state index is 0.296. The maximum atomic E-state index is 11.3. The van der Waals surface area contributed by atoms with E-state index in [-0.39, 0.29) is 6.04 Å². The Bertz CT molecular complexity index is 319. The van der Waals surface area contributed by atoms with Crippen molar-refractivity contribution in [3.63, 3.8) is 0 Å². The smallest absolute Gasteiger partial charge is 0.337 e. The number of carboxylic acid groups (broad SMARTS) is 1. The van der Waals surface area contributed by atoms with Crippen LogP contribution in [0.15, 0.2) is 0 Å². The molecule has 0 aromatic heterocycles. The molecule has 0 aliphatic carbocycles. The summed E-state index contributed by atoms with van der Waals surface area (Å²) in [6, 6.07) is -0.903. The summed E-state index contributed by atoms with van der Waals surface area (Å²) in [5.41, 5.74) is -2.01. The number of carbonyl (C=O) groups is 2. The molecule has 8 heteroatoms. The summed E-state index contributed by atoms with van der Waals surface area (Å²) >= 11 is 0. The van der Waals surface area contributed by atoms with E-state index >= 15 is 0 Å². The van der Waals surface area contributed by atoms with Gasteiger partial charge in [0.05, 0.1) is 6.54 Å².